The van der Waals surface area contributed by atoms with Gasteiger partial charge in [-0.05, 0) is 6.42 Å². The molecule has 0 aromatic rings. The molecule has 0 saturated heterocycles. The van der Waals surface area contributed by atoms with Crippen LogP contribution in [0.15, 0.2) is 0 Å². The van der Waals surface area contributed by atoms with Crippen molar-refractivity contribution >= 4 is 19.8 Å². The topological polar surface area (TPSA) is 118 Å². The van der Waals surface area contributed by atoms with Crippen molar-refractivity contribution in [2.24, 2.45) is 0 Å². The van der Waals surface area contributed by atoms with Crippen LogP contribution in [0, 0.1) is 0 Å². The summed E-state index contributed by atoms with van der Waals surface area (Å²) in [5.41, 5.74) is 0. The second-order valence-corrected chi connectivity index (χ2v) is 8.42. The quantitative estimate of drug-likeness (QED) is 0.182. The molecule has 0 aliphatic carbocycles. The highest BCUT2D eigenvalue weighted by Crippen LogP contribution is 2.43. The van der Waals surface area contributed by atoms with Crippen LogP contribution < -0.4 is 0 Å². The molecule has 0 aromatic heterocycles. The van der Waals surface area contributed by atoms with Crippen LogP contribution in [0.25, 0.3) is 0 Å². The fourth-order valence-corrected chi connectivity index (χ4v) is 2.67. The number of esters is 2. The summed E-state index contributed by atoms with van der Waals surface area (Å²) in [5.74, 6) is -0.997. The zero-order valence-corrected chi connectivity index (χ0v) is 17.7. The van der Waals surface area contributed by atoms with E-state index in [-0.39, 0.29) is 33.0 Å². The van der Waals surface area contributed by atoms with E-state index in [1.54, 1.807) is 0 Å². The van der Waals surface area contributed by atoms with Crippen LogP contribution in [-0.2, 0) is 37.4 Å². The maximum atomic E-state index is 11.7. The molecule has 0 aromatic carbocycles. The summed E-state index contributed by atoms with van der Waals surface area (Å²) in [7, 11) is 1.99. The third-order valence-electron chi connectivity index (χ3n) is 3.02. The first kappa shape index (κ1) is 26.0. The molecule has 11 heteroatoms. The molecule has 0 heterocycles. The van der Waals surface area contributed by atoms with Crippen LogP contribution in [-0.4, -0.2) is 88.1 Å². The Labute approximate surface area is 160 Å². The molecule has 10 nitrogen and oxygen atoms in total. The Morgan fingerprint density at radius 1 is 0.963 bits per heavy atom. The summed E-state index contributed by atoms with van der Waals surface area (Å²) in [6.07, 6.45) is 0.272. The summed E-state index contributed by atoms with van der Waals surface area (Å²) in [6.45, 7) is 3.56. The van der Waals surface area contributed by atoms with Crippen LogP contribution in [0.5, 0.6) is 0 Å². The van der Waals surface area contributed by atoms with Gasteiger partial charge in [0.05, 0.1) is 47.5 Å². The second kappa shape index (κ2) is 13.2. The van der Waals surface area contributed by atoms with E-state index in [1.165, 1.54) is 13.8 Å². The van der Waals surface area contributed by atoms with Gasteiger partial charge in [-0.15, -0.1) is 0 Å². The Morgan fingerprint density at radius 3 is 2.07 bits per heavy atom. The van der Waals surface area contributed by atoms with Crippen molar-refractivity contribution in [3.63, 3.8) is 0 Å². The standard InChI is InChI=1S/C16H32NO9P/c1-14(18)23-13-16(26-15(2)19)12-22-9-7-11-25-27(20,21)24-10-6-8-17(3,4)5/h16H,6-13H2,1-5H3/p+1. The highest BCUT2D eigenvalue weighted by Gasteiger charge is 2.21. The lowest BCUT2D eigenvalue weighted by Crippen LogP contribution is -2.35. The fraction of sp³-hybridized carbons (Fsp3) is 0.875. The molecule has 0 amide bonds. The van der Waals surface area contributed by atoms with Gasteiger partial charge in [0.25, 0.3) is 0 Å². The van der Waals surface area contributed by atoms with E-state index in [0.717, 1.165) is 11.0 Å². The van der Waals surface area contributed by atoms with Crippen LogP contribution in [0.2, 0.25) is 0 Å². The Balaban J connectivity index is 3.89. The molecule has 0 rings (SSSR count). The van der Waals surface area contributed by atoms with Gasteiger partial charge in [0.2, 0.25) is 0 Å². The molecule has 0 aliphatic rings. The van der Waals surface area contributed by atoms with E-state index in [2.05, 4.69) is 0 Å². The Morgan fingerprint density at radius 2 is 1.56 bits per heavy atom. The van der Waals surface area contributed by atoms with Gasteiger partial charge in [-0.25, -0.2) is 4.57 Å². The van der Waals surface area contributed by atoms with Crippen LogP contribution >= 0.6 is 7.82 Å². The van der Waals surface area contributed by atoms with Crippen LogP contribution in [0.3, 0.4) is 0 Å². The number of quaternary nitrogens is 1. The Bertz CT molecular complexity index is 493. The monoisotopic (exact) mass is 414 g/mol. The number of carbonyl (C=O) groups is 2. The summed E-state index contributed by atoms with van der Waals surface area (Å²) < 4.78 is 37.3. The number of phosphoric acid groups is 1. The first-order valence-corrected chi connectivity index (χ1v) is 10.2. The van der Waals surface area contributed by atoms with Gasteiger partial charge in [-0.2, -0.15) is 0 Å². The fourth-order valence-electron chi connectivity index (χ4n) is 1.87. The minimum atomic E-state index is -4.07. The smallest absolute Gasteiger partial charge is 0.462 e. The van der Waals surface area contributed by atoms with Crippen LogP contribution in [0.4, 0.5) is 0 Å². The van der Waals surface area contributed by atoms with E-state index in [4.69, 9.17) is 23.3 Å². The second-order valence-electron chi connectivity index (χ2n) is 6.96. The normalized spacial score (nSPS) is 15.0. The minimum absolute atomic E-state index is 0.0225. The molecule has 160 valence electrons. The highest BCUT2D eigenvalue weighted by atomic mass is 31.2. The minimum Gasteiger partial charge on any atom is -0.462 e. The van der Waals surface area contributed by atoms with Gasteiger partial charge in [0, 0.05) is 26.9 Å². The maximum absolute atomic E-state index is 11.7. The molecule has 2 unspecified atom stereocenters. The average molecular weight is 414 g/mol. The number of phosphoric ester groups is 1. The lowest BCUT2D eigenvalue weighted by Gasteiger charge is -2.23. The van der Waals surface area contributed by atoms with Gasteiger partial charge in [-0.3, -0.25) is 18.6 Å². The number of nitrogens with zero attached hydrogens (tertiary/aromatic N) is 1. The number of hydrogen-bond acceptors (Lipinski definition) is 8. The maximum Gasteiger partial charge on any atom is 0.472 e. The molecular formula is C16H33NO9P+. The molecular weight excluding hydrogens is 381 g/mol. The van der Waals surface area contributed by atoms with Gasteiger partial charge >= 0.3 is 19.8 Å². The predicted octanol–water partition coefficient (Wildman–Crippen LogP) is 1.12. The lowest BCUT2D eigenvalue weighted by atomic mass is 10.4. The molecule has 0 radical (unpaired) electrons. The summed E-state index contributed by atoms with van der Waals surface area (Å²) >= 11 is 0. The third-order valence-corrected chi connectivity index (χ3v) is 4.04. The van der Waals surface area contributed by atoms with E-state index in [9.17, 15) is 19.0 Å². The zero-order chi connectivity index (χ0) is 20.9. The van der Waals surface area contributed by atoms with E-state index >= 15 is 0 Å². The van der Waals surface area contributed by atoms with Gasteiger partial charge in [0.15, 0.2) is 6.10 Å². The third kappa shape index (κ3) is 18.1. The molecule has 0 aliphatic heterocycles. The van der Waals surface area contributed by atoms with Crippen LogP contribution in [0.1, 0.15) is 26.7 Å². The number of rotatable bonds is 15. The zero-order valence-electron chi connectivity index (χ0n) is 16.8. The van der Waals surface area contributed by atoms with Crippen molar-refractivity contribution < 1.29 is 46.8 Å². The van der Waals surface area contributed by atoms with E-state index in [0.29, 0.717) is 12.8 Å². The molecule has 2 atom stereocenters. The van der Waals surface area contributed by atoms with Crippen molar-refractivity contribution in [2.45, 2.75) is 32.8 Å². The Kier molecular flexibility index (Phi) is 12.7. The molecule has 27 heavy (non-hydrogen) atoms. The lowest BCUT2D eigenvalue weighted by molar-refractivity contribution is -0.870. The molecule has 0 fully saturated rings. The van der Waals surface area contributed by atoms with Crippen molar-refractivity contribution in [1.82, 2.24) is 0 Å². The van der Waals surface area contributed by atoms with Crippen molar-refractivity contribution in [3.05, 3.63) is 0 Å². The first-order chi connectivity index (χ1) is 12.4. The SMILES string of the molecule is CC(=O)OCC(COCCCOP(=O)(O)OCCC[N+](C)(C)C)OC(C)=O. The van der Waals surface area contributed by atoms with E-state index in [1.807, 2.05) is 21.1 Å². The highest BCUT2D eigenvalue weighted by molar-refractivity contribution is 7.47. The Hall–Kier alpha value is -1.03. The molecule has 1 N–H and O–H groups in total. The molecule has 0 saturated carbocycles. The van der Waals surface area contributed by atoms with E-state index < -0.39 is 25.9 Å². The summed E-state index contributed by atoms with van der Waals surface area (Å²) in [6, 6.07) is 0. The van der Waals surface area contributed by atoms with Crippen molar-refractivity contribution in [2.75, 3.05) is 60.7 Å². The molecule has 0 spiro atoms. The van der Waals surface area contributed by atoms with Crippen molar-refractivity contribution in [1.29, 1.82) is 0 Å². The first-order valence-electron chi connectivity index (χ1n) is 8.72. The number of hydrogen-bond donors (Lipinski definition) is 1. The summed E-state index contributed by atoms with van der Waals surface area (Å²) in [5, 5.41) is 0. The van der Waals surface area contributed by atoms with Crippen molar-refractivity contribution in [3.8, 4) is 0 Å². The van der Waals surface area contributed by atoms with Gasteiger partial charge in [0.1, 0.15) is 6.61 Å². The predicted molar refractivity (Wildman–Crippen MR) is 96.9 cm³/mol. The summed E-state index contributed by atoms with van der Waals surface area (Å²) in [4.78, 5) is 31.4. The number of ether oxygens (including phenoxy) is 3. The largest absolute Gasteiger partial charge is 0.472 e. The molecule has 0 bridgehead atoms. The number of carbonyl (C=O) groups excluding carboxylic acids is 2. The average Bonchev–Trinajstić information content (AvgIpc) is 2.51. The van der Waals surface area contributed by atoms with Gasteiger partial charge < -0.3 is 23.6 Å². The van der Waals surface area contributed by atoms with Gasteiger partial charge in [-0.1, -0.05) is 0 Å².